The van der Waals surface area contributed by atoms with Crippen LogP contribution in [0.15, 0.2) is 54.9 Å². The summed E-state index contributed by atoms with van der Waals surface area (Å²) in [6.45, 7) is 2.69. The lowest BCUT2D eigenvalue weighted by atomic mass is 9.95. The van der Waals surface area contributed by atoms with Crippen molar-refractivity contribution in [1.82, 2.24) is 19.8 Å². The number of amides is 2. The monoisotopic (exact) mass is 488 g/mol. The fourth-order valence-corrected chi connectivity index (χ4v) is 5.05. The number of carbonyl (C=O) groups excluding carboxylic acids is 2. The van der Waals surface area contributed by atoms with E-state index in [2.05, 4.69) is 10.3 Å². The Morgan fingerprint density at radius 3 is 2.67 bits per heavy atom. The summed E-state index contributed by atoms with van der Waals surface area (Å²) in [4.78, 5) is 32.2. The fraction of sp³-hybridized carbons (Fsp3) is 0.370. The predicted octanol–water partition coefficient (Wildman–Crippen LogP) is 3.05. The van der Waals surface area contributed by atoms with Crippen molar-refractivity contribution in [2.24, 2.45) is 5.92 Å². The average Bonchev–Trinajstić information content (AvgIpc) is 3.58. The maximum Gasteiger partial charge on any atom is 0.274 e. The zero-order valence-corrected chi connectivity index (χ0v) is 19.9. The highest BCUT2D eigenvalue weighted by molar-refractivity contribution is 5.93. The zero-order valence-electron chi connectivity index (χ0n) is 19.9. The summed E-state index contributed by atoms with van der Waals surface area (Å²) in [6.07, 6.45) is 2.93. The Morgan fingerprint density at radius 2 is 1.83 bits per heavy atom. The highest BCUT2D eigenvalue weighted by Gasteiger charge is 2.32. The number of hydrogen-bond donors (Lipinski definition) is 1. The van der Waals surface area contributed by atoms with Crippen molar-refractivity contribution >= 4 is 11.8 Å². The first-order chi connectivity index (χ1) is 17.7. The fourth-order valence-electron chi connectivity index (χ4n) is 5.05. The molecule has 0 bridgehead atoms. The first-order valence-electron chi connectivity index (χ1n) is 12.3. The smallest absolute Gasteiger partial charge is 0.274 e. The van der Waals surface area contributed by atoms with Crippen LogP contribution in [0.25, 0.3) is 0 Å². The third kappa shape index (κ3) is 4.42. The summed E-state index contributed by atoms with van der Waals surface area (Å²) in [5, 5.41) is 3.02. The van der Waals surface area contributed by atoms with Gasteiger partial charge in [-0.05, 0) is 36.1 Å². The van der Waals surface area contributed by atoms with Crippen molar-refractivity contribution in [3.8, 4) is 11.5 Å². The van der Waals surface area contributed by atoms with Gasteiger partial charge in [0.15, 0.2) is 17.2 Å². The molecular formula is C27H28N4O5. The quantitative estimate of drug-likeness (QED) is 0.593. The number of imidazole rings is 1. The number of aromatic nitrogens is 2. The van der Waals surface area contributed by atoms with Crippen molar-refractivity contribution in [1.29, 1.82) is 0 Å². The van der Waals surface area contributed by atoms with Crippen LogP contribution < -0.4 is 14.8 Å². The Bertz CT molecular complexity index is 1270. The second-order valence-electron chi connectivity index (χ2n) is 9.37. The third-order valence-electron chi connectivity index (χ3n) is 7.16. The molecule has 3 aliphatic rings. The van der Waals surface area contributed by atoms with Gasteiger partial charge >= 0.3 is 0 Å². The Kier molecular flexibility index (Phi) is 6.06. The van der Waals surface area contributed by atoms with Gasteiger partial charge in [-0.25, -0.2) is 4.98 Å². The molecule has 36 heavy (non-hydrogen) atoms. The van der Waals surface area contributed by atoms with E-state index in [0.717, 1.165) is 22.6 Å². The lowest BCUT2D eigenvalue weighted by Crippen LogP contribution is -2.43. The van der Waals surface area contributed by atoms with Crippen LogP contribution in [0.5, 0.6) is 11.5 Å². The minimum atomic E-state index is -0.117. The van der Waals surface area contributed by atoms with E-state index in [-0.39, 0.29) is 30.6 Å². The van der Waals surface area contributed by atoms with E-state index in [1.54, 1.807) is 11.2 Å². The van der Waals surface area contributed by atoms with Crippen molar-refractivity contribution in [3.05, 3.63) is 77.4 Å². The van der Waals surface area contributed by atoms with E-state index in [1.807, 2.05) is 53.1 Å². The maximum absolute atomic E-state index is 13.2. The molecule has 0 saturated carbocycles. The molecular weight excluding hydrogens is 460 g/mol. The van der Waals surface area contributed by atoms with Crippen LogP contribution in [0.3, 0.4) is 0 Å². The molecule has 186 valence electrons. The highest BCUT2D eigenvalue weighted by Crippen LogP contribution is 2.32. The summed E-state index contributed by atoms with van der Waals surface area (Å²) in [5.74, 6) is 1.23. The molecule has 1 N–H and O–H groups in total. The minimum absolute atomic E-state index is 0.0134. The molecule has 3 aliphatic heterocycles. The molecule has 9 heteroatoms. The van der Waals surface area contributed by atoms with E-state index in [9.17, 15) is 9.59 Å². The van der Waals surface area contributed by atoms with Crippen LogP contribution in [0, 0.1) is 5.92 Å². The summed E-state index contributed by atoms with van der Waals surface area (Å²) in [5.41, 5.74) is 3.34. The number of likely N-dealkylation sites (tertiary alicyclic amines) is 1. The molecule has 0 spiro atoms. The molecule has 1 aromatic heterocycles. The van der Waals surface area contributed by atoms with Gasteiger partial charge in [-0.3, -0.25) is 9.59 Å². The van der Waals surface area contributed by atoms with E-state index >= 15 is 0 Å². The van der Waals surface area contributed by atoms with E-state index in [1.165, 1.54) is 0 Å². The summed E-state index contributed by atoms with van der Waals surface area (Å²) >= 11 is 0. The van der Waals surface area contributed by atoms with Gasteiger partial charge in [-0.1, -0.05) is 36.4 Å². The zero-order chi connectivity index (χ0) is 24.5. The number of rotatable bonds is 5. The van der Waals surface area contributed by atoms with E-state index in [4.69, 9.17) is 14.2 Å². The average molecular weight is 489 g/mol. The molecule has 0 radical (unpaired) electrons. The van der Waals surface area contributed by atoms with E-state index in [0.29, 0.717) is 57.1 Å². The maximum atomic E-state index is 13.2. The van der Waals surface area contributed by atoms with E-state index < -0.39 is 0 Å². The van der Waals surface area contributed by atoms with Gasteiger partial charge in [-0.2, -0.15) is 0 Å². The Morgan fingerprint density at radius 1 is 1.03 bits per heavy atom. The first-order valence-corrected chi connectivity index (χ1v) is 12.3. The van der Waals surface area contributed by atoms with Gasteiger partial charge in [0.05, 0.1) is 25.2 Å². The van der Waals surface area contributed by atoms with Gasteiger partial charge < -0.3 is 29.0 Å². The number of nitrogens with zero attached hydrogens (tertiary/aromatic N) is 3. The van der Waals surface area contributed by atoms with Crippen molar-refractivity contribution in [3.63, 3.8) is 0 Å². The lowest BCUT2D eigenvalue weighted by Gasteiger charge is -2.31. The van der Waals surface area contributed by atoms with Crippen molar-refractivity contribution < 1.29 is 23.8 Å². The summed E-state index contributed by atoms with van der Waals surface area (Å²) in [6, 6.07) is 15.7. The third-order valence-corrected chi connectivity index (χ3v) is 7.16. The minimum Gasteiger partial charge on any atom is -0.454 e. The predicted molar refractivity (Wildman–Crippen MR) is 129 cm³/mol. The van der Waals surface area contributed by atoms with Crippen molar-refractivity contribution in [2.75, 3.05) is 19.9 Å². The molecule has 6 rings (SSSR count). The second-order valence-corrected chi connectivity index (χ2v) is 9.37. The van der Waals surface area contributed by atoms with Crippen molar-refractivity contribution in [2.45, 2.75) is 38.6 Å². The van der Waals surface area contributed by atoms with Crippen LogP contribution >= 0.6 is 0 Å². The topological polar surface area (TPSA) is 94.9 Å². The highest BCUT2D eigenvalue weighted by atomic mass is 16.7. The second kappa shape index (κ2) is 9.66. The molecule has 1 fully saturated rings. The molecule has 3 aromatic rings. The number of carbonyl (C=O) groups is 2. The molecule has 0 unspecified atom stereocenters. The Balaban J connectivity index is 1.02. The van der Waals surface area contributed by atoms with Gasteiger partial charge in [0, 0.05) is 25.6 Å². The summed E-state index contributed by atoms with van der Waals surface area (Å²) < 4.78 is 18.8. The molecule has 1 atom stereocenters. The molecule has 2 aromatic carbocycles. The summed E-state index contributed by atoms with van der Waals surface area (Å²) in [7, 11) is 0. The Hall–Kier alpha value is -3.85. The van der Waals surface area contributed by atoms with Gasteiger partial charge in [-0.15, -0.1) is 0 Å². The number of benzene rings is 2. The largest absolute Gasteiger partial charge is 0.454 e. The normalized spacial score (nSPS) is 19.1. The van der Waals surface area contributed by atoms with Crippen LogP contribution in [-0.2, 0) is 29.2 Å². The van der Waals surface area contributed by atoms with Crippen LogP contribution in [0.2, 0.25) is 0 Å². The van der Waals surface area contributed by atoms with Gasteiger partial charge in [0.25, 0.3) is 5.91 Å². The van der Waals surface area contributed by atoms with Crippen LogP contribution in [-0.4, -0.2) is 46.1 Å². The Labute approximate surface area is 209 Å². The molecule has 4 heterocycles. The van der Waals surface area contributed by atoms with Gasteiger partial charge in [0.2, 0.25) is 12.7 Å². The van der Waals surface area contributed by atoms with Gasteiger partial charge in [0.1, 0.15) is 6.10 Å². The molecule has 0 aliphatic carbocycles. The molecule has 9 nitrogen and oxygen atoms in total. The first kappa shape index (κ1) is 22.6. The molecule has 2 amide bonds. The standard InChI is InChI=1S/C27H28N4O5/c32-26(28-13-18-6-7-22-23(12-18)36-17-35-22)20-8-10-30(11-9-20)27(33)25-21-15-34-24(14-31(21)16-29-25)19-4-2-1-3-5-19/h1-7,12,16,20,24H,8-11,13-15,17H2,(H,28,32)/t24-/m0/s1. The number of ether oxygens (including phenoxy) is 3. The van der Waals surface area contributed by atoms with Crippen LogP contribution in [0.1, 0.15) is 46.3 Å². The van der Waals surface area contributed by atoms with Crippen LogP contribution in [0.4, 0.5) is 0 Å². The number of fused-ring (bicyclic) bond motifs is 2. The number of nitrogens with one attached hydrogen (secondary N) is 1. The molecule has 1 saturated heterocycles. The number of piperidine rings is 1. The SMILES string of the molecule is O=C(NCc1ccc2c(c1)OCO2)C1CCN(C(=O)c2ncn3c2CO[C@H](c2ccccc2)C3)CC1. The lowest BCUT2D eigenvalue weighted by molar-refractivity contribution is -0.126. The number of hydrogen-bond acceptors (Lipinski definition) is 6.